The molecule has 2 rings (SSSR count). The van der Waals surface area contributed by atoms with Gasteiger partial charge >= 0.3 is 0 Å². The molecule has 2 N–H and O–H groups in total. The van der Waals surface area contributed by atoms with Gasteiger partial charge in [-0.25, -0.2) is 4.98 Å². The molecule has 20 heavy (non-hydrogen) atoms. The summed E-state index contributed by atoms with van der Waals surface area (Å²) < 4.78 is 9.91. The summed E-state index contributed by atoms with van der Waals surface area (Å²) in [4.78, 5) is 16.2. The molecule has 0 atom stereocenters. The standard InChI is InChI=1S/C13H17N3O3S/c1-18-7-5-14-3-4-15-12(17)11-9-20-13(16-11)10-2-6-19-8-10/h2,6,8-9,14H,3-5,7H2,1H3,(H,15,17). The molecule has 0 radical (unpaired) electrons. The molecule has 6 nitrogen and oxygen atoms in total. The van der Waals surface area contributed by atoms with Gasteiger partial charge in [-0.15, -0.1) is 11.3 Å². The molecule has 2 aromatic rings. The van der Waals surface area contributed by atoms with Crippen molar-refractivity contribution in [2.24, 2.45) is 0 Å². The lowest BCUT2D eigenvalue weighted by molar-refractivity contribution is 0.0949. The second-order valence-corrected chi connectivity index (χ2v) is 4.91. The fraction of sp³-hybridized carbons (Fsp3) is 0.385. The number of furan rings is 1. The van der Waals surface area contributed by atoms with E-state index in [1.807, 2.05) is 6.07 Å². The van der Waals surface area contributed by atoms with E-state index in [1.54, 1.807) is 25.0 Å². The molecule has 0 fully saturated rings. The van der Waals surface area contributed by atoms with Gasteiger partial charge in [0.05, 0.1) is 12.9 Å². The first-order chi connectivity index (χ1) is 9.81. The quantitative estimate of drug-likeness (QED) is 0.719. The van der Waals surface area contributed by atoms with Crippen LogP contribution < -0.4 is 10.6 Å². The third-order valence-corrected chi connectivity index (χ3v) is 3.47. The van der Waals surface area contributed by atoms with E-state index >= 15 is 0 Å². The summed E-state index contributed by atoms with van der Waals surface area (Å²) in [6, 6.07) is 1.82. The fourth-order valence-corrected chi connectivity index (χ4v) is 2.34. The molecule has 0 aromatic carbocycles. The van der Waals surface area contributed by atoms with Gasteiger partial charge in [-0.1, -0.05) is 0 Å². The SMILES string of the molecule is COCCNCCNC(=O)c1csc(-c2ccoc2)n1. The Morgan fingerprint density at radius 2 is 2.35 bits per heavy atom. The number of amides is 1. The summed E-state index contributed by atoms with van der Waals surface area (Å²) in [5.74, 6) is -0.162. The molecular weight excluding hydrogens is 278 g/mol. The number of nitrogens with zero attached hydrogens (tertiary/aromatic N) is 1. The van der Waals surface area contributed by atoms with Gasteiger partial charge in [-0.3, -0.25) is 4.79 Å². The van der Waals surface area contributed by atoms with E-state index in [2.05, 4.69) is 15.6 Å². The van der Waals surface area contributed by atoms with Crippen LogP contribution in [0.3, 0.4) is 0 Å². The maximum Gasteiger partial charge on any atom is 0.270 e. The van der Waals surface area contributed by atoms with E-state index in [0.717, 1.165) is 17.1 Å². The predicted octanol–water partition coefficient (Wildman–Crippen LogP) is 1.37. The Morgan fingerprint density at radius 1 is 1.45 bits per heavy atom. The summed E-state index contributed by atoms with van der Waals surface area (Å²) >= 11 is 1.42. The molecule has 0 aliphatic heterocycles. The van der Waals surface area contributed by atoms with Gasteiger partial charge in [0.1, 0.15) is 17.0 Å². The van der Waals surface area contributed by atoms with Crippen LogP contribution in [0.5, 0.6) is 0 Å². The second kappa shape index (κ2) is 7.78. The van der Waals surface area contributed by atoms with Crippen molar-refractivity contribution in [3.05, 3.63) is 29.7 Å². The van der Waals surface area contributed by atoms with Crippen molar-refractivity contribution in [3.8, 4) is 10.6 Å². The Bertz CT molecular complexity index is 525. The largest absolute Gasteiger partial charge is 0.472 e. The van der Waals surface area contributed by atoms with Crippen molar-refractivity contribution in [1.29, 1.82) is 0 Å². The molecule has 0 unspecified atom stereocenters. The molecule has 0 aliphatic carbocycles. The maximum absolute atomic E-state index is 11.9. The molecule has 0 saturated heterocycles. The zero-order valence-corrected chi connectivity index (χ0v) is 12.0. The summed E-state index contributed by atoms with van der Waals surface area (Å²) in [5.41, 5.74) is 1.32. The number of carbonyl (C=O) groups is 1. The van der Waals surface area contributed by atoms with Crippen LogP contribution in [0.25, 0.3) is 10.6 Å². The topological polar surface area (TPSA) is 76.4 Å². The molecule has 2 aromatic heterocycles. The number of thiazole rings is 1. The highest BCUT2D eigenvalue weighted by Gasteiger charge is 2.11. The molecule has 108 valence electrons. The first-order valence-corrected chi connectivity index (χ1v) is 7.15. The highest BCUT2D eigenvalue weighted by Crippen LogP contribution is 2.23. The summed E-state index contributed by atoms with van der Waals surface area (Å²) in [7, 11) is 1.66. The molecule has 0 aliphatic rings. The number of methoxy groups -OCH3 is 1. The van der Waals surface area contributed by atoms with Gasteiger partial charge in [0.2, 0.25) is 0 Å². The van der Waals surface area contributed by atoms with Crippen molar-refractivity contribution < 1.29 is 13.9 Å². The Hall–Kier alpha value is -1.70. The molecule has 0 spiro atoms. The normalized spacial score (nSPS) is 10.7. The van der Waals surface area contributed by atoms with Crippen molar-refractivity contribution in [2.45, 2.75) is 0 Å². The number of carbonyl (C=O) groups excluding carboxylic acids is 1. The van der Waals surface area contributed by atoms with Crippen molar-refractivity contribution in [3.63, 3.8) is 0 Å². The molecule has 7 heteroatoms. The molecule has 0 saturated carbocycles. The lowest BCUT2D eigenvalue weighted by Gasteiger charge is -2.04. The summed E-state index contributed by atoms with van der Waals surface area (Å²) in [6.45, 7) is 2.69. The number of hydrogen-bond acceptors (Lipinski definition) is 6. The zero-order valence-electron chi connectivity index (χ0n) is 11.2. The fourth-order valence-electron chi connectivity index (χ4n) is 1.55. The van der Waals surface area contributed by atoms with Gasteiger partial charge in [-0.05, 0) is 6.07 Å². The average Bonchev–Trinajstić information content (AvgIpc) is 3.12. The third kappa shape index (κ3) is 4.16. The third-order valence-electron chi connectivity index (χ3n) is 2.58. The minimum atomic E-state index is -0.162. The average molecular weight is 295 g/mol. The van der Waals surface area contributed by atoms with Crippen LogP contribution in [0, 0.1) is 0 Å². The summed E-state index contributed by atoms with van der Waals surface area (Å²) in [5, 5.41) is 8.49. The second-order valence-electron chi connectivity index (χ2n) is 4.05. The molecule has 1 amide bonds. The Kier molecular flexibility index (Phi) is 5.72. The maximum atomic E-state index is 11.9. The van der Waals surface area contributed by atoms with Crippen LogP contribution in [-0.2, 0) is 4.74 Å². The first-order valence-electron chi connectivity index (χ1n) is 6.27. The van der Waals surface area contributed by atoms with Crippen LogP contribution in [0.15, 0.2) is 28.4 Å². The lowest BCUT2D eigenvalue weighted by Crippen LogP contribution is -2.33. The van der Waals surface area contributed by atoms with E-state index in [-0.39, 0.29) is 5.91 Å². The monoisotopic (exact) mass is 295 g/mol. The first kappa shape index (κ1) is 14.7. The number of ether oxygens (including phenoxy) is 1. The van der Waals surface area contributed by atoms with Gasteiger partial charge < -0.3 is 19.8 Å². The number of hydrogen-bond donors (Lipinski definition) is 2. The van der Waals surface area contributed by atoms with Crippen LogP contribution >= 0.6 is 11.3 Å². The number of rotatable bonds is 8. The smallest absolute Gasteiger partial charge is 0.270 e. The van der Waals surface area contributed by atoms with Gasteiger partial charge in [0.15, 0.2) is 0 Å². The zero-order chi connectivity index (χ0) is 14.2. The molecule has 2 heterocycles. The minimum absolute atomic E-state index is 0.162. The predicted molar refractivity (Wildman–Crippen MR) is 76.9 cm³/mol. The van der Waals surface area contributed by atoms with Crippen molar-refractivity contribution in [1.82, 2.24) is 15.6 Å². The molecular formula is C13H17N3O3S. The number of nitrogens with one attached hydrogen (secondary N) is 2. The minimum Gasteiger partial charge on any atom is -0.472 e. The van der Waals surface area contributed by atoms with E-state index < -0.39 is 0 Å². The Balaban J connectivity index is 1.76. The van der Waals surface area contributed by atoms with Gasteiger partial charge in [0.25, 0.3) is 5.91 Å². The van der Waals surface area contributed by atoms with E-state index in [1.165, 1.54) is 11.3 Å². The van der Waals surface area contributed by atoms with E-state index in [4.69, 9.17) is 9.15 Å². The highest BCUT2D eigenvalue weighted by molar-refractivity contribution is 7.13. The highest BCUT2D eigenvalue weighted by atomic mass is 32.1. The van der Waals surface area contributed by atoms with Crippen molar-refractivity contribution >= 4 is 17.2 Å². The Morgan fingerprint density at radius 3 is 3.10 bits per heavy atom. The molecule has 0 bridgehead atoms. The Labute approximate surface area is 121 Å². The summed E-state index contributed by atoms with van der Waals surface area (Å²) in [6.07, 6.45) is 3.20. The van der Waals surface area contributed by atoms with Crippen LogP contribution in [0.4, 0.5) is 0 Å². The van der Waals surface area contributed by atoms with Gasteiger partial charge in [-0.2, -0.15) is 0 Å². The van der Waals surface area contributed by atoms with E-state index in [0.29, 0.717) is 25.4 Å². The van der Waals surface area contributed by atoms with Crippen LogP contribution in [0.1, 0.15) is 10.5 Å². The lowest BCUT2D eigenvalue weighted by atomic mass is 10.3. The number of aromatic nitrogens is 1. The van der Waals surface area contributed by atoms with Crippen molar-refractivity contribution in [2.75, 3.05) is 33.4 Å². The van der Waals surface area contributed by atoms with Gasteiger partial charge in [0, 0.05) is 37.7 Å². The van der Waals surface area contributed by atoms with Crippen LogP contribution in [-0.4, -0.2) is 44.2 Å². The van der Waals surface area contributed by atoms with E-state index in [9.17, 15) is 4.79 Å². The van der Waals surface area contributed by atoms with Crippen LogP contribution in [0.2, 0.25) is 0 Å².